The Balaban J connectivity index is 1.43. The first kappa shape index (κ1) is 42.5. The molecule has 3 aromatic rings. The Hall–Kier alpha value is -3.65. The van der Waals surface area contributed by atoms with Gasteiger partial charge in [-0.2, -0.15) is 8.42 Å². The lowest BCUT2D eigenvalue weighted by Crippen LogP contribution is -2.64. The summed E-state index contributed by atoms with van der Waals surface area (Å²) >= 11 is 0. The third kappa shape index (κ3) is 10.0. The van der Waals surface area contributed by atoms with Crippen LogP contribution in [0.15, 0.2) is 77.7 Å². The lowest BCUT2D eigenvalue weighted by molar-refractivity contribution is -0.246. The van der Waals surface area contributed by atoms with Crippen LogP contribution < -0.4 is 15.5 Å². The van der Waals surface area contributed by atoms with Crippen molar-refractivity contribution in [3.05, 3.63) is 89.5 Å². The number of benzene rings is 3. The van der Waals surface area contributed by atoms with Crippen LogP contribution in [0.3, 0.4) is 0 Å². The normalized spacial score (nSPS) is 27.7. The summed E-state index contributed by atoms with van der Waals surface area (Å²) in [6, 6.07) is 19.8. The fourth-order valence-corrected chi connectivity index (χ4v) is 9.98. The Kier molecular flexibility index (Phi) is 13.6. The maximum atomic E-state index is 14.0. The van der Waals surface area contributed by atoms with Gasteiger partial charge >= 0.3 is 16.4 Å². The minimum atomic E-state index is -4.93. The van der Waals surface area contributed by atoms with E-state index in [9.17, 15) is 36.9 Å². The van der Waals surface area contributed by atoms with Crippen LogP contribution in [0.2, 0.25) is 0 Å². The lowest BCUT2D eigenvalue weighted by Gasteiger charge is -2.42. The zero-order valence-electron chi connectivity index (χ0n) is 31.2. The van der Waals surface area contributed by atoms with Gasteiger partial charge in [0.15, 0.2) is 16.1 Å². The van der Waals surface area contributed by atoms with Crippen molar-refractivity contribution >= 4 is 37.6 Å². The molecule has 15 nitrogen and oxygen atoms in total. The number of sulfone groups is 1. The molecule has 8 atom stereocenters. The van der Waals surface area contributed by atoms with Gasteiger partial charge in [0, 0.05) is 36.8 Å². The molecular formula is C38H51N3O12S2. The third-order valence-electron chi connectivity index (χ3n) is 10.5. The van der Waals surface area contributed by atoms with Crippen LogP contribution in [0.4, 0.5) is 16.2 Å². The molecule has 3 aromatic carbocycles. The molecule has 1 saturated heterocycles. The van der Waals surface area contributed by atoms with Crippen molar-refractivity contribution in [2.24, 2.45) is 5.41 Å². The number of fused-ring (bicyclic) bond motifs is 1. The number of hydrogen-bond acceptors (Lipinski definition) is 12. The highest BCUT2D eigenvalue weighted by atomic mass is 32.3. The van der Waals surface area contributed by atoms with Gasteiger partial charge in [0.05, 0.1) is 30.0 Å². The van der Waals surface area contributed by atoms with Crippen molar-refractivity contribution < 1.29 is 55.2 Å². The number of ether oxygens (including phenoxy) is 2. The number of amides is 2. The zero-order chi connectivity index (χ0) is 40.1. The smallest absolute Gasteiger partial charge is 0.392 e. The van der Waals surface area contributed by atoms with Gasteiger partial charge in [0.1, 0.15) is 24.4 Å². The molecule has 0 bridgehead atoms. The molecule has 0 aromatic heterocycles. The molecule has 0 aliphatic carbocycles. The zero-order valence-corrected chi connectivity index (χ0v) is 32.9. The van der Waals surface area contributed by atoms with Crippen molar-refractivity contribution in [2.45, 2.75) is 93.7 Å². The molecule has 1 fully saturated rings. The van der Waals surface area contributed by atoms with Crippen molar-refractivity contribution in [1.29, 1.82) is 0 Å². The summed E-state index contributed by atoms with van der Waals surface area (Å²) in [4.78, 5) is 15.5. The number of nitrogens with zero attached hydrogens (tertiary/aromatic N) is 1. The molecule has 0 saturated carbocycles. The van der Waals surface area contributed by atoms with Crippen LogP contribution in [0, 0.1) is 5.41 Å². The van der Waals surface area contributed by atoms with E-state index in [4.69, 9.17) is 14.0 Å². The topological polar surface area (TPSA) is 221 Å². The van der Waals surface area contributed by atoms with Gasteiger partial charge in [0.25, 0.3) is 0 Å². The molecule has 55 heavy (non-hydrogen) atoms. The predicted octanol–water partition coefficient (Wildman–Crippen LogP) is 3.59. The van der Waals surface area contributed by atoms with Crippen LogP contribution in [-0.4, -0.2) is 106 Å². The number of anilines is 2. The van der Waals surface area contributed by atoms with Crippen molar-refractivity contribution in [3.63, 3.8) is 0 Å². The van der Waals surface area contributed by atoms with Crippen LogP contribution >= 0.6 is 0 Å². The van der Waals surface area contributed by atoms with E-state index >= 15 is 0 Å². The van der Waals surface area contributed by atoms with E-state index in [-0.39, 0.29) is 22.9 Å². The van der Waals surface area contributed by atoms with Crippen LogP contribution in [-0.2, 0) is 40.5 Å². The summed E-state index contributed by atoms with van der Waals surface area (Å²) in [5.74, 6) is -1.00. The van der Waals surface area contributed by atoms with Gasteiger partial charge in [0.2, 0.25) is 0 Å². The Morgan fingerprint density at radius 1 is 1.00 bits per heavy atom. The molecular weight excluding hydrogens is 755 g/mol. The van der Waals surface area contributed by atoms with E-state index in [2.05, 4.69) is 14.8 Å². The monoisotopic (exact) mass is 805 g/mol. The largest absolute Gasteiger partial charge is 0.397 e. The molecule has 2 amide bonds. The fourth-order valence-electron chi connectivity index (χ4n) is 7.42. The quantitative estimate of drug-likeness (QED) is 0.129. The van der Waals surface area contributed by atoms with Gasteiger partial charge in [-0.25, -0.2) is 17.4 Å². The van der Waals surface area contributed by atoms with Crippen LogP contribution in [0.25, 0.3) is 0 Å². The second-order valence-electron chi connectivity index (χ2n) is 14.4. The molecule has 2 unspecified atom stereocenters. The minimum Gasteiger partial charge on any atom is -0.392 e. The molecule has 5 rings (SSSR count). The van der Waals surface area contributed by atoms with Crippen molar-refractivity contribution in [3.8, 4) is 0 Å². The number of unbranched alkanes of at least 4 members (excludes halogenated alkanes) is 1. The first-order chi connectivity index (χ1) is 26.0. The fraction of sp³-hybridized carbons (Fsp3) is 0.500. The van der Waals surface area contributed by atoms with E-state index < -0.39 is 81.0 Å². The SMILES string of the molecule is CCCC[C@]1(CC)CS(=O)(=O)c2ccc(N(C)C)cc2[C@@H](c2cccc(NC(=O)N[C@@H]3O[C@H](COS(=O)(=O)O)C(O)[C@H](OCc4ccccc4)C3O)c2)[C@H]1O. The molecule has 6 N–H and O–H groups in total. The standard InChI is InChI=1S/C38H51N3O12S2/c1-5-7-18-38(6-2)23-54(46,47)30-17-16-27(41(3)4)20-28(30)31(35(38)44)25-14-11-15-26(19-25)39-37(45)40-36-33(43)34(51-21-24-12-9-8-10-13-24)32(42)29(53-36)22-52-55(48,49)50/h8-17,19-20,29,31-36,42-44H,5-7,18,21-23H2,1-4H3,(H2,39,40,45)(H,48,49,50)/t29-,31-,32?,33?,34+,35-,36-,38-/m1/s1. The maximum absolute atomic E-state index is 14.0. The van der Waals surface area contributed by atoms with Crippen LogP contribution in [0.5, 0.6) is 0 Å². The van der Waals surface area contributed by atoms with Crippen molar-refractivity contribution in [2.75, 3.05) is 36.7 Å². The highest BCUT2D eigenvalue weighted by Crippen LogP contribution is 2.49. The highest BCUT2D eigenvalue weighted by molar-refractivity contribution is 7.91. The number of carbonyl (C=O) groups is 1. The van der Waals surface area contributed by atoms with E-state index in [0.29, 0.717) is 29.5 Å². The molecule has 2 aliphatic rings. The van der Waals surface area contributed by atoms with Gasteiger partial charge in [-0.15, -0.1) is 0 Å². The first-order valence-electron chi connectivity index (χ1n) is 18.2. The van der Waals surface area contributed by atoms with Gasteiger partial charge in [-0.3, -0.25) is 4.55 Å². The summed E-state index contributed by atoms with van der Waals surface area (Å²) in [6.07, 6.45) is -6.32. The maximum Gasteiger partial charge on any atom is 0.397 e. The number of carbonyl (C=O) groups excluding carboxylic acids is 1. The van der Waals surface area contributed by atoms with Gasteiger partial charge < -0.3 is 40.3 Å². The number of hydrogen-bond donors (Lipinski definition) is 6. The van der Waals surface area contributed by atoms with Crippen LogP contribution in [0.1, 0.15) is 62.1 Å². The average molecular weight is 806 g/mol. The Bertz CT molecular complexity index is 2000. The van der Waals surface area contributed by atoms with E-state index in [1.807, 2.05) is 32.8 Å². The number of aliphatic hydroxyl groups is 3. The van der Waals surface area contributed by atoms with E-state index in [0.717, 1.165) is 18.5 Å². The molecule has 17 heteroatoms. The number of aliphatic hydroxyl groups excluding tert-OH is 3. The molecule has 2 aliphatic heterocycles. The van der Waals surface area contributed by atoms with E-state index in [1.165, 1.54) is 0 Å². The summed E-state index contributed by atoms with van der Waals surface area (Å²) in [7, 11) is -5.07. The van der Waals surface area contributed by atoms with Crippen molar-refractivity contribution in [1.82, 2.24) is 5.32 Å². The van der Waals surface area contributed by atoms with Gasteiger partial charge in [-0.1, -0.05) is 69.2 Å². The van der Waals surface area contributed by atoms with E-state index in [1.54, 1.807) is 72.8 Å². The summed E-state index contributed by atoms with van der Waals surface area (Å²) in [6.45, 7) is 3.00. The molecule has 2 heterocycles. The third-order valence-corrected chi connectivity index (χ3v) is 12.9. The second kappa shape index (κ2) is 17.7. The summed E-state index contributed by atoms with van der Waals surface area (Å²) < 4.78 is 75.7. The Morgan fingerprint density at radius 2 is 1.73 bits per heavy atom. The minimum absolute atomic E-state index is 0.0531. The highest BCUT2D eigenvalue weighted by Gasteiger charge is 2.49. The molecule has 302 valence electrons. The number of rotatable bonds is 14. The predicted molar refractivity (Wildman–Crippen MR) is 205 cm³/mol. The average Bonchev–Trinajstić information content (AvgIpc) is 3.21. The van der Waals surface area contributed by atoms with Gasteiger partial charge in [-0.05, 0) is 59.9 Å². The lowest BCUT2D eigenvalue weighted by atomic mass is 9.69. The molecule has 0 radical (unpaired) electrons. The first-order valence-corrected chi connectivity index (χ1v) is 21.2. The summed E-state index contributed by atoms with van der Waals surface area (Å²) in [5, 5.41) is 39.7. The summed E-state index contributed by atoms with van der Waals surface area (Å²) in [5.41, 5.74) is 1.78. The number of nitrogens with one attached hydrogen (secondary N) is 2. The Morgan fingerprint density at radius 3 is 2.38 bits per heavy atom. The second-order valence-corrected chi connectivity index (χ2v) is 17.4. The Labute approximate surface area is 322 Å². The molecule has 0 spiro atoms. The number of urea groups is 1.